The molecule has 6 heteroatoms. The van der Waals surface area contributed by atoms with Gasteiger partial charge in [-0.05, 0) is 66.9 Å². The number of likely N-dealkylation sites (N-methyl/N-ethyl adjacent to an activating group) is 1. The highest BCUT2D eigenvalue weighted by Gasteiger charge is 2.45. The second-order valence-corrected chi connectivity index (χ2v) is 8.20. The first-order valence-corrected chi connectivity index (χ1v) is 11.2. The van der Waals surface area contributed by atoms with Gasteiger partial charge in [0.25, 0.3) is 0 Å². The van der Waals surface area contributed by atoms with Crippen LogP contribution in [-0.2, 0) is 4.79 Å². The molecule has 2 aromatic rings. The van der Waals surface area contributed by atoms with E-state index in [1.807, 2.05) is 48.6 Å². The van der Waals surface area contributed by atoms with E-state index in [0.29, 0.717) is 23.0 Å². The fourth-order valence-electron chi connectivity index (χ4n) is 5.01. The van der Waals surface area contributed by atoms with Crippen LogP contribution in [0.5, 0.6) is 23.0 Å². The maximum absolute atomic E-state index is 13.7. The van der Waals surface area contributed by atoms with Gasteiger partial charge in [-0.25, -0.2) is 0 Å². The van der Waals surface area contributed by atoms with E-state index in [4.69, 9.17) is 18.9 Å². The molecule has 0 radical (unpaired) electrons. The Morgan fingerprint density at radius 3 is 1.55 bits per heavy atom. The monoisotopic (exact) mass is 449 g/mol. The number of methoxy groups -OCH3 is 4. The Morgan fingerprint density at radius 1 is 0.758 bits per heavy atom. The van der Waals surface area contributed by atoms with E-state index in [9.17, 15) is 4.79 Å². The lowest BCUT2D eigenvalue weighted by Crippen LogP contribution is -2.46. The molecule has 174 valence electrons. The van der Waals surface area contributed by atoms with Crippen LogP contribution in [0.2, 0.25) is 0 Å². The van der Waals surface area contributed by atoms with E-state index in [1.165, 1.54) is 0 Å². The van der Waals surface area contributed by atoms with Crippen LogP contribution in [0.3, 0.4) is 0 Å². The number of nitrogens with zero attached hydrogens (tertiary/aromatic N) is 1. The van der Waals surface area contributed by atoms with Gasteiger partial charge >= 0.3 is 0 Å². The summed E-state index contributed by atoms with van der Waals surface area (Å²) in [5.41, 5.74) is 3.49. The molecule has 0 unspecified atom stereocenters. The molecule has 0 aromatic heterocycles. The number of rotatable bonds is 7. The van der Waals surface area contributed by atoms with E-state index in [-0.39, 0.29) is 17.9 Å². The highest BCUT2D eigenvalue weighted by molar-refractivity contribution is 6.16. The second-order valence-electron chi connectivity index (χ2n) is 8.20. The molecule has 6 nitrogen and oxygen atoms in total. The van der Waals surface area contributed by atoms with Crippen LogP contribution in [0.4, 0.5) is 0 Å². The van der Waals surface area contributed by atoms with Crippen molar-refractivity contribution in [1.29, 1.82) is 0 Å². The summed E-state index contributed by atoms with van der Waals surface area (Å²) in [6, 6.07) is 11.7. The molecule has 2 heterocycles. The predicted molar refractivity (Wildman–Crippen MR) is 129 cm³/mol. The van der Waals surface area contributed by atoms with Crippen LogP contribution in [0, 0.1) is 0 Å². The van der Waals surface area contributed by atoms with E-state index in [0.717, 1.165) is 41.7 Å². The Morgan fingerprint density at radius 2 is 1.18 bits per heavy atom. The fourth-order valence-corrected chi connectivity index (χ4v) is 5.01. The maximum Gasteiger partial charge on any atom is 0.188 e. The lowest BCUT2D eigenvalue weighted by molar-refractivity contribution is -0.114. The lowest BCUT2D eigenvalue weighted by Gasteiger charge is -2.36. The summed E-state index contributed by atoms with van der Waals surface area (Å²) < 4.78 is 21.6. The zero-order valence-electron chi connectivity index (χ0n) is 19.9. The molecule has 0 N–H and O–H groups in total. The molecule has 2 fully saturated rings. The minimum absolute atomic E-state index is 0.108. The fraction of sp³-hybridized carbons (Fsp3) is 0.370. The van der Waals surface area contributed by atoms with Crippen LogP contribution in [0.1, 0.15) is 30.9 Å². The number of hydrogen-bond donors (Lipinski definition) is 0. The van der Waals surface area contributed by atoms with Crippen LogP contribution in [-0.4, -0.2) is 57.8 Å². The molecule has 0 amide bonds. The number of carbonyl (C=O) groups is 1. The molecule has 0 spiro atoms. The van der Waals surface area contributed by atoms with Crippen molar-refractivity contribution in [2.24, 2.45) is 0 Å². The minimum atomic E-state index is 0.108. The highest BCUT2D eigenvalue weighted by Crippen LogP contribution is 2.42. The summed E-state index contributed by atoms with van der Waals surface area (Å²) in [6.45, 7) is 3.04. The molecule has 33 heavy (non-hydrogen) atoms. The third-order valence-electron chi connectivity index (χ3n) is 6.58. The minimum Gasteiger partial charge on any atom is -0.493 e. The Balaban J connectivity index is 1.77. The Hall–Kier alpha value is -3.25. The predicted octanol–water partition coefficient (Wildman–Crippen LogP) is 4.62. The molecule has 2 aliphatic rings. The molecular formula is C27H31NO5. The molecule has 2 saturated heterocycles. The number of fused-ring (bicyclic) bond motifs is 2. The number of ether oxygens (including phenoxy) is 4. The van der Waals surface area contributed by atoms with Crippen molar-refractivity contribution < 1.29 is 23.7 Å². The summed E-state index contributed by atoms with van der Waals surface area (Å²) in [5, 5.41) is 0. The Labute approximate surface area is 195 Å². The number of hydrogen-bond acceptors (Lipinski definition) is 6. The van der Waals surface area contributed by atoms with Crippen LogP contribution in [0.25, 0.3) is 12.2 Å². The molecular weight excluding hydrogens is 418 g/mol. The van der Waals surface area contributed by atoms with Gasteiger partial charge in [0, 0.05) is 23.2 Å². The van der Waals surface area contributed by atoms with Crippen molar-refractivity contribution in [2.75, 3.05) is 35.0 Å². The number of Topliss-reactive ketones (excluding diaryl/α,β-unsaturated/α-hetero) is 1. The van der Waals surface area contributed by atoms with Gasteiger partial charge in [-0.3, -0.25) is 9.69 Å². The van der Waals surface area contributed by atoms with Crippen molar-refractivity contribution in [3.8, 4) is 23.0 Å². The van der Waals surface area contributed by atoms with Crippen molar-refractivity contribution >= 4 is 17.9 Å². The smallest absolute Gasteiger partial charge is 0.188 e. The molecule has 0 saturated carbocycles. The van der Waals surface area contributed by atoms with E-state index >= 15 is 0 Å². The van der Waals surface area contributed by atoms with Gasteiger partial charge in [0.05, 0.1) is 28.4 Å². The van der Waals surface area contributed by atoms with E-state index in [2.05, 4.69) is 11.8 Å². The Kier molecular flexibility index (Phi) is 6.75. The molecule has 2 bridgehead atoms. The summed E-state index contributed by atoms with van der Waals surface area (Å²) in [4.78, 5) is 16.2. The average Bonchev–Trinajstić information content (AvgIpc) is 3.22. The molecule has 0 aliphatic carbocycles. The van der Waals surface area contributed by atoms with Gasteiger partial charge < -0.3 is 18.9 Å². The Bertz CT molecular complexity index is 1020. The van der Waals surface area contributed by atoms with E-state index in [1.54, 1.807) is 28.4 Å². The first-order valence-electron chi connectivity index (χ1n) is 11.2. The van der Waals surface area contributed by atoms with Gasteiger partial charge in [0.15, 0.2) is 28.8 Å². The first-order chi connectivity index (χ1) is 16.0. The quantitative estimate of drug-likeness (QED) is 0.575. The average molecular weight is 450 g/mol. The molecule has 4 rings (SSSR count). The zero-order chi connectivity index (χ0) is 23.5. The summed E-state index contributed by atoms with van der Waals surface area (Å²) in [7, 11) is 6.46. The standard InChI is InChI=1S/C27H31NO5/c1-6-28-21-9-10-22(28)20(14-18-8-12-24(31-3)26(16-18)33-5)27(29)19(21)13-17-7-11-23(30-2)25(15-17)32-4/h7-8,11-16,21-22H,6,9-10H2,1-5H3/b19-13+,20-14+/t21-,22+. The van der Waals surface area contributed by atoms with E-state index < -0.39 is 0 Å². The van der Waals surface area contributed by atoms with Crippen molar-refractivity contribution in [1.82, 2.24) is 4.90 Å². The van der Waals surface area contributed by atoms with Crippen LogP contribution in [0.15, 0.2) is 47.5 Å². The van der Waals surface area contributed by atoms with Crippen molar-refractivity contribution in [3.05, 3.63) is 58.7 Å². The molecule has 2 aliphatic heterocycles. The zero-order valence-corrected chi connectivity index (χ0v) is 19.9. The maximum atomic E-state index is 13.7. The van der Waals surface area contributed by atoms with Crippen molar-refractivity contribution in [2.45, 2.75) is 31.8 Å². The number of ketones is 1. The van der Waals surface area contributed by atoms with Gasteiger partial charge in [0.1, 0.15) is 0 Å². The molecule has 2 aromatic carbocycles. The van der Waals surface area contributed by atoms with Gasteiger partial charge in [0.2, 0.25) is 0 Å². The third-order valence-corrected chi connectivity index (χ3v) is 6.58. The number of carbonyl (C=O) groups excluding carboxylic acids is 1. The normalized spacial score (nSPS) is 22.6. The topological polar surface area (TPSA) is 57.2 Å². The number of piperidine rings is 1. The summed E-state index contributed by atoms with van der Waals surface area (Å²) >= 11 is 0. The van der Waals surface area contributed by atoms with Gasteiger partial charge in [-0.2, -0.15) is 0 Å². The second kappa shape index (κ2) is 9.71. The summed E-state index contributed by atoms with van der Waals surface area (Å²) in [6.07, 6.45) is 5.93. The lowest BCUT2D eigenvalue weighted by atomic mass is 9.88. The SMILES string of the molecule is CCN1[C@@H]2CC[C@H]1/C(=C\c1ccc(OC)c(OC)c1)C(=O)/C2=C/c1ccc(OC)c(OC)c1. The highest BCUT2D eigenvalue weighted by atomic mass is 16.5. The third kappa shape index (κ3) is 4.23. The largest absolute Gasteiger partial charge is 0.493 e. The van der Waals surface area contributed by atoms with Gasteiger partial charge in [-0.1, -0.05) is 19.1 Å². The van der Waals surface area contributed by atoms with Crippen LogP contribution >= 0.6 is 0 Å². The number of benzene rings is 2. The first kappa shape index (κ1) is 22.9. The molecule has 2 atom stereocenters. The van der Waals surface area contributed by atoms with Crippen LogP contribution < -0.4 is 18.9 Å². The van der Waals surface area contributed by atoms with Crippen molar-refractivity contribution in [3.63, 3.8) is 0 Å². The van der Waals surface area contributed by atoms with Gasteiger partial charge in [-0.15, -0.1) is 0 Å². The summed E-state index contributed by atoms with van der Waals surface area (Å²) in [5.74, 6) is 2.73.